The zero-order chi connectivity index (χ0) is 14.0. The van der Waals surface area contributed by atoms with Gasteiger partial charge in [0.25, 0.3) is 0 Å². The number of hydrogen-bond acceptors (Lipinski definition) is 2. The molecule has 2 rings (SSSR count). The quantitative estimate of drug-likeness (QED) is 0.713. The van der Waals surface area contributed by atoms with Crippen molar-refractivity contribution in [2.75, 3.05) is 0 Å². The van der Waals surface area contributed by atoms with Gasteiger partial charge in [0.05, 0.1) is 5.02 Å². The zero-order valence-corrected chi connectivity index (χ0v) is 12.3. The van der Waals surface area contributed by atoms with Crippen molar-refractivity contribution in [2.24, 2.45) is 0 Å². The topological polar surface area (TPSA) is 26.3 Å². The van der Waals surface area contributed by atoms with Gasteiger partial charge in [-0.1, -0.05) is 11.6 Å². The molecular formula is C14H9BrClFO2. The Labute approximate surface area is 123 Å². The predicted octanol–water partition coefficient (Wildman–Crippen LogP) is 5.24. The number of Topliss-reactive ketones (excluding diaryl/α,β-unsaturated/α-hetero) is 1. The normalized spacial score (nSPS) is 10.3. The van der Waals surface area contributed by atoms with Gasteiger partial charge in [0.1, 0.15) is 17.3 Å². The van der Waals surface area contributed by atoms with Crippen molar-refractivity contribution < 1.29 is 13.9 Å². The van der Waals surface area contributed by atoms with Crippen LogP contribution >= 0.6 is 27.5 Å². The number of ether oxygens (including phenoxy) is 1. The molecular weight excluding hydrogens is 335 g/mol. The Balaban J connectivity index is 2.26. The molecule has 0 saturated carbocycles. The number of carbonyl (C=O) groups is 1. The fraction of sp³-hybridized carbons (Fsp3) is 0.0714. The van der Waals surface area contributed by atoms with Crippen molar-refractivity contribution in [3.8, 4) is 11.5 Å². The number of hydrogen-bond donors (Lipinski definition) is 0. The summed E-state index contributed by atoms with van der Waals surface area (Å²) in [5.41, 5.74) is 0.564. The van der Waals surface area contributed by atoms with E-state index in [1.807, 2.05) is 0 Å². The number of halogens is 3. The third-order valence-corrected chi connectivity index (χ3v) is 3.41. The summed E-state index contributed by atoms with van der Waals surface area (Å²) in [6, 6.07) is 9.14. The Morgan fingerprint density at radius 2 is 1.84 bits per heavy atom. The maximum absolute atomic E-state index is 13.3. The van der Waals surface area contributed by atoms with Gasteiger partial charge in [-0.05, 0) is 53.2 Å². The van der Waals surface area contributed by atoms with Gasteiger partial charge in [-0.25, -0.2) is 4.39 Å². The molecule has 5 heteroatoms. The van der Waals surface area contributed by atoms with E-state index in [-0.39, 0.29) is 10.8 Å². The molecule has 0 N–H and O–H groups in total. The summed E-state index contributed by atoms with van der Waals surface area (Å²) in [5.74, 6) is 0.248. The summed E-state index contributed by atoms with van der Waals surface area (Å²) in [5, 5.41) is 0.0421. The number of carbonyl (C=O) groups excluding carboxylic acids is 1. The van der Waals surface area contributed by atoms with Gasteiger partial charge in [0.2, 0.25) is 0 Å². The lowest BCUT2D eigenvalue weighted by Gasteiger charge is -2.08. The van der Waals surface area contributed by atoms with Crippen LogP contribution in [0, 0.1) is 5.82 Å². The first-order valence-electron chi connectivity index (χ1n) is 5.41. The minimum Gasteiger partial charge on any atom is -0.457 e. The second-order valence-electron chi connectivity index (χ2n) is 3.88. The molecule has 0 spiro atoms. The predicted molar refractivity (Wildman–Crippen MR) is 75.6 cm³/mol. The van der Waals surface area contributed by atoms with Crippen LogP contribution in [0.1, 0.15) is 17.3 Å². The maximum atomic E-state index is 13.3. The van der Waals surface area contributed by atoms with Crippen LogP contribution in [0.25, 0.3) is 0 Å². The van der Waals surface area contributed by atoms with Crippen LogP contribution in [-0.4, -0.2) is 5.78 Å². The van der Waals surface area contributed by atoms with Crippen molar-refractivity contribution in [3.63, 3.8) is 0 Å². The Hall–Kier alpha value is -1.39. The van der Waals surface area contributed by atoms with Gasteiger partial charge < -0.3 is 4.74 Å². The second kappa shape index (κ2) is 5.72. The molecule has 98 valence electrons. The molecule has 2 aromatic carbocycles. The molecule has 0 aromatic heterocycles. The van der Waals surface area contributed by atoms with Crippen LogP contribution in [0.5, 0.6) is 11.5 Å². The fourth-order valence-corrected chi connectivity index (χ4v) is 2.28. The lowest BCUT2D eigenvalue weighted by molar-refractivity contribution is 0.101. The first-order valence-corrected chi connectivity index (χ1v) is 6.58. The highest BCUT2D eigenvalue weighted by Gasteiger charge is 2.08. The fourth-order valence-electron chi connectivity index (χ4n) is 1.52. The molecule has 0 unspecified atom stereocenters. The smallest absolute Gasteiger partial charge is 0.160 e. The third-order valence-electron chi connectivity index (χ3n) is 2.45. The van der Waals surface area contributed by atoms with Crippen molar-refractivity contribution in [2.45, 2.75) is 6.92 Å². The summed E-state index contributed by atoms with van der Waals surface area (Å²) in [6.45, 7) is 1.48. The minimum absolute atomic E-state index is 0.0421. The molecule has 0 heterocycles. The largest absolute Gasteiger partial charge is 0.457 e. The van der Waals surface area contributed by atoms with Crippen molar-refractivity contribution in [1.29, 1.82) is 0 Å². The highest BCUT2D eigenvalue weighted by molar-refractivity contribution is 9.10. The van der Waals surface area contributed by atoms with Crippen LogP contribution in [0.3, 0.4) is 0 Å². The van der Waals surface area contributed by atoms with Crippen LogP contribution in [0.4, 0.5) is 4.39 Å². The molecule has 0 radical (unpaired) electrons. The van der Waals surface area contributed by atoms with Crippen molar-refractivity contribution in [1.82, 2.24) is 0 Å². The number of rotatable bonds is 3. The van der Waals surface area contributed by atoms with E-state index < -0.39 is 5.82 Å². The molecule has 2 aromatic rings. The molecule has 0 saturated heterocycles. The second-order valence-corrected chi connectivity index (χ2v) is 5.14. The number of ketones is 1. The van der Waals surface area contributed by atoms with Crippen molar-refractivity contribution in [3.05, 3.63) is 57.3 Å². The van der Waals surface area contributed by atoms with Crippen LogP contribution in [-0.2, 0) is 0 Å². The summed E-state index contributed by atoms with van der Waals surface area (Å²) >= 11 is 8.88. The Morgan fingerprint density at radius 1 is 1.21 bits per heavy atom. The van der Waals surface area contributed by atoms with Gasteiger partial charge in [-0.3, -0.25) is 4.79 Å². The first kappa shape index (κ1) is 14.0. The van der Waals surface area contributed by atoms with Gasteiger partial charge in [0, 0.05) is 16.1 Å². The van der Waals surface area contributed by atoms with Gasteiger partial charge in [-0.15, -0.1) is 0 Å². The molecule has 0 aliphatic heterocycles. The Morgan fingerprint density at radius 3 is 2.42 bits per heavy atom. The van der Waals surface area contributed by atoms with Crippen molar-refractivity contribution >= 4 is 33.3 Å². The zero-order valence-electron chi connectivity index (χ0n) is 9.91. The lowest BCUT2D eigenvalue weighted by Crippen LogP contribution is -1.94. The average molecular weight is 344 g/mol. The van der Waals surface area contributed by atoms with E-state index in [1.165, 1.54) is 19.1 Å². The minimum atomic E-state index is -0.543. The van der Waals surface area contributed by atoms with Gasteiger partial charge in [-0.2, -0.15) is 0 Å². The van der Waals surface area contributed by atoms with Crippen LogP contribution < -0.4 is 4.74 Å². The van der Waals surface area contributed by atoms with E-state index >= 15 is 0 Å². The molecule has 0 fully saturated rings. The van der Waals surface area contributed by atoms with E-state index in [0.717, 1.165) is 0 Å². The molecule has 0 aliphatic rings. The monoisotopic (exact) mass is 342 g/mol. The molecule has 0 aliphatic carbocycles. The molecule has 19 heavy (non-hydrogen) atoms. The SMILES string of the molecule is CC(=O)c1ccc(Oc2ccc(Cl)c(F)c2)cc1Br. The summed E-state index contributed by atoms with van der Waals surface area (Å²) in [4.78, 5) is 11.3. The van der Waals surface area contributed by atoms with Gasteiger partial charge >= 0.3 is 0 Å². The molecule has 0 bridgehead atoms. The van der Waals surface area contributed by atoms with E-state index in [0.29, 0.717) is 21.5 Å². The van der Waals surface area contributed by atoms with Crippen LogP contribution in [0.2, 0.25) is 5.02 Å². The summed E-state index contributed by atoms with van der Waals surface area (Å²) in [6.07, 6.45) is 0. The summed E-state index contributed by atoms with van der Waals surface area (Å²) in [7, 11) is 0. The third kappa shape index (κ3) is 3.33. The highest BCUT2D eigenvalue weighted by atomic mass is 79.9. The maximum Gasteiger partial charge on any atom is 0.160 e. The average Bonchev–Trinajstić information content (AvgIpc) is 2.33. The van der Waals surface area contributed by atoms with Gasteiger partial charge in [0.15, 0.2) is 5.78 Å². The first-order chi connectivity index (χ1) is 8.97. The summed E-state index contributed by atoms with van der Waals surface area (Å²) < 4.78 is 19.4. The standard InChI is InChI=1S/C14H9BrClFO2/c1-8(18)11-4-2-9(6-12(11)15)19-10-3-5-13(16)14(17)7-10/h2-7H,1H3. The van der Waals surface area contributed by atoms with E-state index in [9.17, 15) is 9.18 Å². The van der Waals surface area contributed by atoms with E-state index in [2.05, 4.69) is 15.9 Å². The van der Waals surface area contributed by atoms with E-state index in [4.69, 9.17) is 16.3 Å². The van der Waals surface area contributed by atoms with Crippen LogP contribution in [0.15, 0.2) is 40.9 Å². The Bertz CT molecular complexity index is 643. The lowest BCUT2D eigenvalue weighted by atomic mass is 10.1. The number of benzene rings is 2. The van der Waals surface area contributed by atoms with E-state index in [1.54, 1.807) is 24.3 Å². The molecule has 0 atom stereocenters. The highest BCUT2D eigenvalue weighted by Crippen LogP contribution is 2.29. The Kier molecular flexibility index (Phi) is 4.22. The molecule has 2 nitrogen and oxygen atoms in total. The molecule has 0 amide bonds.